The van der Waals surface area contributed by atoms with E-state index in [0.717, 1.165) is 36.4 Å². The lowest BCUT2D eigenvalue weighted by atomic mass is 10.1. The van der Waals surface area contributed by atoms with Crippen LogP contribution in [0.5, 0.6) is 0 Å². The van der Waals surface area contributed by atoms with Crippen molar-refractivity contribution in [2.45, 2.75) is 25.3 Å². The molecule has 1 unspecified atom stereocenters. The molecular weight excluding hydrogens is 224 g/mol. The second-order valence-corrected chi connectivity index (χ2v) is 4.77. The largest absolute Gasteiger partial charge is 0.351 e. The van der Waals surface area contributed by atoms with Gasteiger partial charge in [-0.05, 0) is 38.4 Å². The van der Waals surface area contributed by atoms with E-state index in [4.69, 9.17) is 0 Å². The van der Waals surface area contributed by atoms with Crippen molar-refractivity contribution in [3.63, 3.8) is 0 Å². The maximum Gasteiger partial charge on any atom is 0.223 e. The van der Waals surface area contributed by atoms with E-state index in [1.807, 2.05) is 30.5 Å². The maximum absolute atomic E-state index is 4.56. The molecule has 1 fully saturated rings. The molecule has 1 aliphatic heterocycles. The van der Waals surface area contributed by atoms with Crippen LogP contribution in [0, 0.1) is 0 Å². The van der Waals surface area contributed by atoms with Crippen LogP contribution in [0.1, 0.15) is 19.3 Å². The monoisotopic (exact) mass is 242 g/mol. The summed E-state index contributed by atoms with van der Waals surface area (Å²) in [7, 11) is 0. The predicted octanol–water partition coefficient (Wildman–Crippen LogP) is 2.18. The van der Waals surface area contributed by atoms with Crippen molar-refractivity contribution in [3.8, 4) is 0 Å². The topological polar surface area (TPSA) is 49.8 Å². The number of aromatic nitrogens is 2. The number of anilines is 1. The van der Waals surface area contributed by atoms with Crippen LogP contribution in [0.2, 0.25) is 0 Å². The average molecular weight is 242 g/mol. The molecule has 1 aromatic heterocycles. The highest BCUT2D eigenvalue weighted by molar-refractivity contribution is 5.78. The van der Waals surface area contributed by atoms with Crippen LogP contribution in [-0.4, -0.2) is 29.1 Å². The third kappa shape index (κ3) is 2.59. The highest BCUT2D eigenvalue weighted by Gasteiger charge is 2.12. The van der Waals surface area contributed by atoms with E-state index in [0.29, 0.717) is 6.04 Å². The summed E-state index contributed by atoms with van der Waals surface area (Å²) < 4.78 is 0. The lowest BCUT2D eigenvalue weighted by Gasteiger charge is -2.15. The molecule has 0 amide bonds. The molecule has 0 spiro atoms. The van der Waals surface area contributed by atoms with Crippen molar-refractivity contribution in [1.29, 1.82) is 0 Å². The third-order valence-electron chi connectivity index (χ3n) is 3.40. The summed E-state index contributed by atoms with van der Waals surface area (Å²) in [6.07, 6.45) is 5.42. The molecule has 2 heterocycles. The number of rotatable bonds is 2. The van der Waals surface area contributed by atoms with Crippen LogP contribution in [-0.2, 0) is 0 Å². The zero-order valence-corrected chi connectivity index (χ0v) is 10.4. The van der Waals surface area contributed by atoms with E-state index in [1.54, 1.807) is 0 Å². The van der Waals surface area contributed by atoms with Gasteiger partial charge < -0.3 is 10.6 Å². The Kier molecular flexibility index (Phi) is 3.37. The number of nitrogens with one attached hydrogen (secondary N) is 2. The second kappa shape index (κ2) is 5.31. The standard InChI is InChI=1S/C14H18N4/c1-2-6-13-11(4-1)10-16-14(18-13)17-12-5-3-8-15-9-7-12/h1-2,4,6,10,12,15H,3,5,7-9H2,(H,16,17,18). The van der Waals surface area contributed by atoms with Crippen LogP contribution < -0.4 is 10.6 Å². The molecule has 3 rings (SSSR count). The van der Waals surface area contributed by atoms with Gasteiger partial charge in [-0.2, -0.15) is 0 Å². The van der Waals surface area contributed by atoms with E-state index in [9.17, 15) is 0 Å². The summed E-state index contributed by atoms with van der Waals surface area (Å²) in [5, 5.41) is 7.95. The molecule has 2 N–H and O–H groups in total. The molecule has 0 radical (unpaired) electrons. The molecule has 0 bridgehead atoms. The van der Waals surface area contributed by atoms with Crippen molar-refractivity contribution in [2.75, 3.05) is 18.4 Å². The first kappa shape index (κ1) is 11.4. The van der Waals surface area contributed by atoms with Gasteiger partial charge in [0.25, 0.3) is 0 Å². The Labute approximate surface area is 107 Å². The normalized spacial score (nSPS) is 20.6. The predicted molar refractivity (Wildman–Crippen MR) is 73.7 cm³/mol. The Morgan fingerprint density at radius 2 is 2.11 bits per heavy atom. The van der Waals surface area contributed by atoms with Gasteiger partial charge in [-0.15, -0.1) is 0 Å². The van der Waals surface area contributed by atoms with Gasteiger partial charge >= 0.3 is 0 Å². The molecule has 1 aromatic carbocycles. The molecule has 1 aliphatic rings. The van der Waals surface area contributed by atoms with E-state index in [2.05, 4.69) is 20.6 Å². The summed E-state index contributed by atoms with van der Waals surface area (Å²) in [4.78, 5) is 8.95. The average Bonchev–Trinajstić information content (AvgIpc) is 2.67. The first-order valence-corrected chi connectivity index (χ1v) is 6.61. The van der Waals surface area contributed by atoms with Crippen molar-refractivity contribution in [1.82, 2.24) is 15.3 Å². The Hall–Kier alpha value is -1.68. The second-order valence-electron chi connectivity index (χ2n) is 4.77. The number of hydrogen-bond acceptors (Lipinski definition) is 4. The van der Waals surface area contributed by atoms with Crippen molar-refractivity contribution >= 4 is 16.9 Å². The summed E-state index contributed by atoms with van der Waals surface area (Å²) in [5.41, 5.74) is 1.00. The minimum absolute atomic E-state index is 0.487. The van der Waals surface area contributed by atoms with Crippen LogP contribution in [0.4, 0.5) is 5.95 Å². The quantitative estimate of drug-likeness (QED) is 0.847. The SMILES string of the molecule is c1ccc2nc(NC3CCCNCC3)ncc2c1. The van der Waals surface area contributed by atoms with Gasteiger partial charge in [-0.3, -0.25) is 0 Å². The van der Waals surface area contributed by atoms with Crippen molar-refractivity contribution < 1.29 is 0 Å². The summed E-state index contributed by atoms with van der Waals surface area (Å²) in [6, 6.07) is 8.57. The Morgan fingerprint density at radius 1 is 1.17 bits per heavy atom. The molecule has 1 saturated heterocycles. The van der Waals surface area contributed by atoms with Gasteiger partial charge in [0.05, 0.1) is 5.52 Å². The molecular formula is C14H18N4. The fraction of sp³-hybridized carbons (Fsp3) is 0.429. The summed E-state index contributed by atoms with van der Waals surface area (Å²) in [5.74, 6) is 0.751. The fourth-order valence-corrected chi connectivity index (χ4v) is 2.39. The molecule has 0 aliphatic carbocycles. The van der Waals surface area contributed by atoms with Crippen LogP contribution in [0.25, 0.3) is 10.9 Å². The van der Waals surface area contributed by atoms with E-state index in [1.165, 1.54) is 12.8 Å². The van der Waals surface area contributed by atoms with E-state index in [-0.39, 0.29) is 0 Å². The van der Waals surface area contributed by atoms with Crippen LogP contribution in [0.15, 0.2) is 30.5 Å². The molecule has 4 heteroatoms. The van der Waals surface area contributed by atoms with Crippen molar-refractivity contribution in [2.24, 2.45) is 0 Å². The zero-order valence-electron chi connectivity index (χ0n) is 10.4. The van der Waals surface area contributed by atoms with E-state index >= 15 is 0 Å². The minimum atomic E-state index is 0.487. The maximum atomic E-state index is 4.56. The summed E-state index contributed by atoms with van der Waals surface area (Å²) >= 11 is 0. The molecule has 0 saturated carbocycles. The number of fused-ring (bicyclic) bond motifs is 1. The number of nitrogens with zero attached hydrogens (tertiary/aromatic N) is 2. The third-order valence-corrected chi connectivity index (χ3v) is 3.40. The number of hydrogen-bond donors (Lipinski definition) is 2. The lowest BCUT2D eigenvalue weighted by Crippen LogP contribution is -2.22. The van der Waals surface area contributed by atoms with Gasteiger partial charge in [0.2, 0.25) is 5.95 Å². The Bertz CT molecular complexity index is 518. The zero-order chi connectivity index (χ0) is 12.2. The van der Waals surface area contributed by atoms with Crippen molar-refractivity contribution in [3.05, 3.63) is 30.5 Å². The smallest absolute Gasteiger partial charge is 0.223 e. The minimum Gasteiger partial charge on any atom is -0.351 e. The number of para-hydroxylation sites is 1. The van der Waals surface area contributed by atoms with Gasteiger partial charge in [0.1, 0.15) is 0 Å². The van der Waals surface area contributed by atoms with Gasteiger partial charge in [0, 0.05) is 17.6 Å². The lowest BCUT2D eigenvalue weighted by molar-refractivity contribution is 0.632. The highest BCUT2D eigenvalue weighted by atomic mass is 15.1. The molecule has 94 valence electrons. The Morgan fingerprint density at radius 3 is 3.11 bits per heavy atom. The van der Waals surface area contributed by atoms with Gasteiger partial charge in [-0.25, -0.2) is 9.97 Å². The first-order chi connectivity index (χ1) is 8.92. The van der Waals surface area contributed by atoms with Gasteiger partial charge in [-0.1, -0.05) is 18.2 Å². The Balaban J connectivity index is 1.77. The molecule has 1 atom stereocenters. The molecule has 2 aromatic rings. The fourth-order valence-electron chi connectivity index (χ4n) is 2.39. The summed E-state index contributed by atoms with van der Waals surface area (Å²) in [6.45, 7) is 2.20. The van der Waals surface area contributed by atoms with Crippen LogP contribution >= 0.6 is 0 Å². The highest BCUT2D eigenvalue weighted by Crippen LogP contribution is 2.14. The van der Waals surface area contributed by atoms with E-state index < -0.39 is 0 Å². The molecule has 4 nitrogen and oxygen atoms in total. The van der Waals surface area contributed by atoms with Crippen LogP contribution in [0.3, 0.4) is 0 Å². The molecule has 18 heavy (non-hydrogen) atoms. The number of benzene rings is 1. The van der Waals surface area contributed by atoms with Gasteiger partial charge in [0.15, 0.2) is 0 Å². The first-order valence-electron chi connectivity index (χ1n) is 6.61.